The van der Waals surface area contributed by atoms with Crippen molar-refractivity contribution in [3.8, 4) is 5.75 Å². The predicted molar refractivity (Wildman–Crippen MR) is 105 cm³/mol. The van der Waals surface area contributed by atoms with Crippen molar-refractivity contribution in [2.75, 3.05) is 52.9 Å². The summed E-state index contributed by atoms with van der Waals surface area (Å²) in [6.45, 7) is 4.52. The van der Waals surface area contributed by atoms with Crippen LogP contribution in [0.1, 0.15) is 18.4 Å². The lowest BCUT2D eigenvalue weighted by Crippen LogP contribution is -2.60. The molecular weight excluding hydrogens is 360 g/mol. The van der Waals surface area contributed by atoms with Crippen LogP contribution in [-0.4, -0.2) is 90.1 Å². The van der Waals surface area contributed by atoms with Gasteiger partial charge in [-0.3, -0.25) is 19.4 Å². The molecule has 28 heavy (non-hydrogen) atoms. The molecule has 154 valence electrons. The highest BCUT2D eigenvalue weighted by Crippen LogP contribution is 2.26. The number of carbonyl (C=O) groups excluding carboxylic acids is 2. The number of β-amino-alcohol motifs (C(OH)–C–C–N with tert-alkyl or cyclic N) is 1. The van der Waals surface area contributed by atoms with E-state index < -0.39 is 5.60 Å². The average Bonchev–Trinajstić information content (AvgIpc) is 2.67. The summed E-state index contributed by atoms with van der Waals surface area (Å²) >= 11 is 0. The Morgan fingerprint density at radius 1 is 1.21 bits per heavy atom. The minimum absolute atomic E-state index is 0.207. The lowest BCUT2D eigenvalue weighted by Gasteiger charge is -2.43. The number of aliphatic hydroxyl groups is 1. The van der Waals surface area contributed by atoms with Crippen LogP contribution in [0.15, 0.2) is 24.3 Å². The first-order valence-electron chi connectivity index (χ1n) is 9.77. The summed E-state index contributed by atoms with van der Waals surface area (Å²) in [4.78, 5) is 29.9. The van der Waals surface area contributed by atoms with Crippen molar-refractivity contribution in [3.63, 3.8) is 0 Å². The van der Waals surface area contributed by atoms with Crippen molar-refractivity contribution in [1.29, 1.82) is 0 Å². The molecule has 8 heteroatoms. The first-order chi connectivity index (χ1) is 13.4. The lowest BCUT2D eigenvalue weighted by atomic mass is 9.90. The molecule has 1 unspecified atom stereocenters. The maximum Gasteiger partial charge on any atom is 0.256 e. The van der Waals surface area contributed by atoms with Crippen LogP contribution in [0.5, 0.6) is 5.75 Å². The van der Waals surface area contributed by atoms with Crippen LogP contribution < -0.4 is 10.5 Å². The molecule has 2 aliphatic rings. The van der Waals surface area contributed by atoms with Gasteiger partial charge < -0.3 is 20.5 Å². The van der Waals surface area contributed by atoms with Gasteiger partial charge in [0.05, 0.1) is 13.7 Å². The van der Waals surface area contributed by atoms with Crippen LogP contribution in [0.2, 0.25) is 0 Å². The second kappa shape index (κ2) is 8.89. The molecule has 0 saturated carbocycles. The largest absolute Gasteiger partial charge is 0.497 e. The number of likely N-dealkylation sites (tertiary alicyclic amines) is 1. The van der Waals surface area contributed by atoms with E-state index >= 15 is 0 Å². The molecule has 2 aliphatic heterocycles. The van der Waals surface area contributed by atoms with Gasteiger partial charge in [-0.05, 0) is 30.5 Å². The normalized spacial score (nSPS) is 24.4. The van der Waals surface area contributed by atoms with Gasteiger partial charge in [0.2, 0.25) is 5.91 Å². The third-order valence-corrected chi connectivity index (χ3v) is 5.54. The third kappa shape index (κ3) is 5.01. The SMILES string of the molecule is COc1cccc(CN2CCCC(O)(CN3CCN(CC(N)=O)CC3)C2=O)c1. The summed E-state index contributed by atoms with van der Waals surface area (Å²) in [5.74, 6) is 0.218. The van der Waals surface area contributed by atoms with Crippen molar-refractivity contribution >= 4 is 11.8 Å². The van der Waals surface area contributed by atoms with E-state index in [1.165, 1.54) is 0 Å². The molecule has 0 spiro atoms. The lowest BCUT2D eigenvalue weighted by molar-refractivity contribution is -0.160. The van der Waals surface area contributed by atoms with Crippen LogP contribution in [0.4, 0.5) is 0 Å². The number of hydrogen-bond donors (Lipinski definition) is 2. The molecule has 1 aromatic rings. The van der Waals surface area contributed by atoms with Crippen molar-refractivity contribution in [2.45, 2.75) is 25.0 Å². The highest BCUT2D eigenvalue weighted by Gasteiger charge is 2.43. The Labute approximate surface area is 165 Å². The van der Waals surface area contributed by atoms with Gasteiger partial charge >= 0.3 is 0 Å². The van der Waals surface area contributed by atoms with Crippen molar-refractivity contribution in [1.82, 2.24) is 14.7 Å². The smallest absolute Gasteiger partial charge is 0.256 e. The maximum absolute atomic E-state index is 13.0. The fourth-order valence-corrected chi connectivity index (χ4v) is 4.05. The number of ether oxygens (including phenoxy) is 1. The molecule has 0 radical (unpaired) electrons. The van der Waals surface area contributed by atoms with Crippen LogP contribution in [0.3, 0.4) is 0 Å². The molecule has 0 aromatic heterocycles. The molecule has 1 atom stereocenters. The number of benzene rings is 1. The van der Waals surface area contributed by atoms with E-state index in [2.05, 4.69) is 4.90 Å². The molecule has 2 amide bonds. The number of carbonyl (C=O) groups is 2. The van der Waals surface area contributed by atoms with E-state index in [1.54, 1.807) is 12.0 Å². The highest BCUT2D eigenvalue weighted by atomic mass is 16.5. The number of hydrogen-bond acceptors (Lipinski definition) is 6. The number of nitrogens with zero attached hydrogens (tertiary/aromatic N) is 3. The second-order valence-corrected chi connectivity index (χ2v) is 7.73. The van der Waals surface area contributed by atoms with Gasteiger partial charge in [-0.1, -0.05) is 12.1 Å². The quantitative estimate of drug-likeness (QED) is 0.660. The number of amides is 2. The van der Waals surface area contributed by atoms with E-state index in [0.717, 1.165) is 17.7 Å². The average molecular weight is 390 g/mol. The first kappa shape index (κ1) is 20.6. The standard InChI is InChI=1S/C20H30N4O4/c1-28-17-5-2-4-16(12-17)13-24-7-3-6-20(27,19(24)26)15-23-10-8-22(9-11-23)14-18(21)25/h2,4-5,12,27H,3,6-11,13-15H2,1H3,(H2,21,25). The van der Waals surface area contributed by atoms with Crippen LogP contribution >= 0.6 is 0 Å². The number of piperidine rings is 1. The molecule has 0 bridgehead atoms. The topological polar surface area (TPSA) is 99.3 Å². The van der Waals surface area contributed by atoms with Gasteiger partial charge in [-0.2, -0.15) is 0 Å². The van der Waals surface area contributed by atoms with Gasteiger partial charge in [0.25, 0.3) is 5.91 Å². The van der Waals surface area contributed by atoms with E-state index in [0.29, 0.717) is 52.2 Å². The fraction of sp³-hybridized carbons (Fsp3) is 0.600. The van der Waals surface area contributed by atoms with Crippen LogP contribution in [0, 0.1) is 0 Å². The number of nitrogens with two attached hydrogens (primary N) is 1. The minimum atomic E-state index is -1.36. The molecule has 2 fully saturated rings. The van der Waals surface area contributed by atoms with Crippen molar-refractivity contribution < 1.29 is 19.4 Å². The number of rotatable bonds is 7. The molecule has 0 aliphatic carbocycles. The summed E-state index contributed by atoms with van der Waals surface area (Å²) in [6.07, 6.45) is 1.25. The number of primary amides is 1. The van der Waals surface area contributed by atoms with Crippen LogP contribution in [-0.2, 0) is 16.1 Å². The zero-order valence-corrected chi connectivity index (χ0v) is 16.5. The van der Waals surface area contributed by atoms with Gasteiger partial charge in [0.1, 0.15) is 5.75 Å². The first-order valence-corrected chi connectivity index (χ1v) is 9.77. The predicted octanol–water partition coefficient (Wildman–Crippen LogP) is -0.348. The Bertz CT molecular complexity index is 705. The number of methoxy groups -OCH3 is 1. The van der Waals surface area contributed by atoms with Gasteiger partial charge in [-0.25, -0.2) is 0 Å². The Hall–Kier alpha value is -2.16. The molecule has 2 saturated heterocycles. The summed E-state index contributed by atoms with van der Waals surface area (Å²) in [5, 5.41) is 11.1. The summed E-state index contributed by atoms with van der Waals surface area (Å²) in [6, 6.07) is 7.65. The van der Waals surface area contributed by atoms with Crippen molar-refractivity contribution in [3.05, 3.63) is 29.8 Å². The Balaban J connectivity index is 1.58. The Kier molecular flexibility index (Phi) is 6.53. The van der Waals surface area contributed by atoms with Crippen LogP contribution in [0.25, 0.3) is 0 Å². The molecule has 2 heterocycles. The summed E-state index contributed by atoms with van der Waals surface area (Å²) < 4.78 is 5.25. The monoisotopic (exact) mass is 390 g/mol. The maximum atomic E-state index is 13.0. The number of piperazine rings is 1. The zero-order valence-electron chi connectivity index (χ0n) is 16.5. The molecule has 8 nitrogen and oxygen atoms in total. The Morgan fingerprint density at radius 2 is 1.93 bits per heavy atom. The van der Waals surface area contributed by atoms with E-state index in [4.69, 9.17) is 10.5 Å². The van der Waals surface area contributed by atoms with E-state index in [-0.39, 0.29) is 18.4 Å². The third-order valence-electron chi connectivity index (χ3n) is 5.54. The van der Waals surface area contributed by atoms with Crippen molar-refractivity contribution in [2.24, 2.45) is 5.73 Å². The van der Waals surface area contributed by atoms with Gasteiger partial charge in [0.15, 0.2) is 5.60 Å². The Morgan fingerprint density at radius 3 is 2.61 bits per heavy atom. The van der Waals surface area contributed by atoms with Gasteiger partial charge in [0, 0.05) is 45.8 Å². The highest BCUT2D eigenvalue weighted by molar-refractivity contribution is 5.86. The van der Waals surface area contributed by atoms with E-state index in [1.807, 2.05) is 29.2 Å². The summed E-state index contributed by atoms with van der Waals surface area (Å²) in [7, 11) is 1.62. The summed E-state index contributed by atoms with van der Waals surface area (Å²) in [5.41, 5.74) is 4.88. The molecule has 3 N–H and O–H groups in total. The zero-order chi connectivity index (χ0) is 20.1. The molecule has 3 rings (SSSR count). The van der Waals surface area contributed by atoms with Gasteiger partial charge in [-0.15, -0.1) is 0 Å². The minimum Gasteiger partial charge on any atom is -0.497 e. The molecule has 1 aromatic carbocycles. The molecular formula is C20H30N4O4. The fourth-order valence-electron chi connectivity index (χ4n) is 4.05. The second-order valence-electron chi connectivity index (χ2n) is 7.73. The van der Waals surface area contributed by atoms with E-state index in [9.17, 15) is 14.7 Å².